The highest BCUT2D eigenvalue weighted by Gasteiger charge is 2.21. The standard InChI is InChI=1S/C13H26N2.FH/c1-12-3-9-15(10-4-12)11-13-5-7-14(2)8-6-13;/h12-13H,3-11H2,1-2H3;1H. The summed E-state index contributed by atoms with van der Waals surface area (Å²) in [4.78, 5) is 5.17. The van der Waals surface area contributed by atoms with Crippen LogP contribution in [0.3, 0.4) is 0 Å². The number of likely N-dealkylation sites (tertiary alicyclic amines) is 2. The summed E-state index contributed by atoms with van der Waals surface area (Å²) in [6, 6.07) is 0. The normalized spacial score (nSPS) is 26.6. The summed E-state index contributed by atoms with van der Waals surface area (Å²) in [7, 11) is 2.25. The lowest BCUT2D eigenvalue weighted by Gasteiger charge is -2.36. The zero-order valence-corrected chi connectivity index (χ0v) is 10.8. The number of nitrogens with zero attached hydrogens (tertiary/aromatic N) is 2. The minimum absolute atomic E-state index is 0. The lowest BCUT2D eigenvalue weighted by molar-refractivity contribution is 0.130. The van der Waals surface area contributed by atoms with Gasteiger partial charge in [-0.15, -0.1) is 0 Å². The molecule has 2 aliphatic rings. The zero-order valence-electron chi connectivity index (χ0n) is 10.8. The van der Waals surface area contributed by atoms with Gasteiger partial charge in [0.15, 0.2) is 0 Å². The van der Waals surface area contributed by atoms with Crippen LogP contribution in [0.2, 0.25) is 0 Å². The van der Waals surface area contributed by atoms with E-state index in [0.717, 1.165) is 11.8 Å². The van der Waals surface area contributed by atoms with Gasteiger partial charge in [0.25, 0.3) is 0 Å². The lowest BCUT2D eigenvalue weighted by atomic mass is 9.94. The van der Waals surface area contributed by atoms with Crippen LogP contribution in [0.5, 0.6) is 0 Å². The van der Waals surface area contributed by atoms with E-state index in [1.54, 1.807) is 0 Å². The highest BCUT2D eigenvalue weighted by atomic mass is 19.0. The van der Waals surface area contributed by atoms with Crippen LogP contribution in [-0.4, -0.2) is 49.6 Å². The van der Waals surface area contributed by atoms with Gasteiger partial charge in [0.2, 0.25) is 0 Å². The molecule has 2 aliphatic heterocycles. The smallest absolute Gasteiger partial charge is 0.00106 e. The molecular weight excluding hydrogens is 203 g/mol. The van der Waals surface area contributed by atoms with Crippen LogP contribution in [0.4, 0.5) is 4.70 Å². The monoisotopic (exact) mass is 230 g/mol. The SMILES string of the molecule is CC1CCN(CC2CCN(C)CC2)CC1.F. The first-order chi connectivity index (χ1) is 7.24. The number of hydrogen-bond acceptors (Lipinski definition) is 2. The molecule has 0 spiro atoms. The van der Waals surface area contributed by atoms with E-state index in [2.05, 4.69) is 23.8 Å². The van der Waals surface area contributed by atoms with Crippen molar-refractivity contribution in [3.63, 3.8) is 0 Å². The van der Waals surface area contributed by atoms with E-state index >= 15 is 0 Å². The van der Waals surface area contributed by atoms with Gasteiger partial charge in [-0.2, -0.15) is 0 Å². The third kappa shape index (κ3) is 4.02. The Morgan fingerprint density at radius 2 is 1.50 bits per heavy atom. The van der Waals surface area contributed by atoms with E-state index in [1.807, 2.05) is 0 Å². The van der Waals surface area contributed by atoms with Crippen molar-refractivity contribution in [1.82, 2.24) is 9.80 Å². The van der Waals surface area contributed by atoms with Crippen molar-refractivity contribution >= 4 is 0 Å². The van der Waals surface area contributed by atoms with E-state index in [1.165, 1.54) is 58.4 Å². The molecule has 3 heteroatoms. The summed E-state index contributed by atoms with van der Waals surface area (Å²) in [5.74, 6) is 1.95. The molecule has 2 saturated heterocycles. The van der Waals surface area contributed by atoms with Gasteiger partial charge in [0, 0.05) is 6.54 Å². The minimum atomic E-state index is 0. The molecule has 0 bridgehead atoms. The van der Waals surface area contributed by atoms with Gasteiger partial charge in [-0.05, 0) is 70.7 Å². The molecule has 2 rings (SSSR count). The summed E-state index contributed by atoms with van der Waals surface area (Å²) >= 11 is 0. The summed E-state index contributed by atoms with van der Waals surface area (Å²) in [6.07, 6.45) is 5.68. The Balaban J connectivity index is 0.00000128. The second kappa shape index (κ2) is 6.55. The predicted molar refractivity (Wildman–Crippen MR) is 67.6 cm³/mol. The van der Waals surface area contributed by atoms with Crippen molar-refractivity contribution in [1.29, 1.82) is 0 Å². The molecule has 0 amide bonds. The molecule has 0 radical (unpaired) electrons. The number of piperidine rings is 2. The van der Waals surface area contributed by atoms with Gasteiger partial charge in [-0.1, -0.05) is 6.92 Å². The maximum atomic E-state index is 2.70. The van der Waals surface area contributed by atoms with Gasteiger partial charge >= 0.3 is 0 Å². The van der Waals surface area contributed by atoms with Crippen molar-refractivity contribution in [2.45, 2.75) is 32.6 Å². The van der Waals surface area contributed by atoms with Crippen molar-refractivity contribution in [2.24, 2.45) is 11.8 Å². The van der Waals surface area contributed by atoms with Crippen molar-refractivity contribution in [3.8, 4) is 0 Å². The van der Waals surface area contributed by atoms with Crippen LogP contribution < -0.4 is 0 Å². The topological polar surface area (TPSA) is 6.48 Å². The van der Waals surface area contributed by atoms with Gasteiger partial charge < -0.3 is 9.80 Å². The first-order valence-corrected chi connectivity index (χ1v) is 6.65. The van der Waals surface area contributed by atoms with Crippen LogP contribution in [0.1, 0.15) is 32.6 Å². The first kappa shape index (κ1) is 13.9. The Kier molecular flexibility index (Phi) is 5.70. The van der Waals surface area contributed by atoms with E-state index < -0.39 is 0 Å². The Labute approximate surface area is 99.4 Å². The fourth-order valence-electron chi connectivity index (χ4n) is 2.85. The Morgan fingerprint density at radius 1 is 0.938 bits per heavy atom. The molecule has 2 fully saturated rings. The fourth-order valence-corrected chi connectivity index (χ4v) is 2.85. The predicted octanol–water partition coefficient (Wildman–Crippen LogP) is 2.21. The van der Waals surface area contributed by atoms with Gasteiger partial charge in [0.1, 0.15) is 0 Å². The Morgan fingerprint density at radius 3 is 2.06 bits per heavy atom. The molecular formula is C13H27FN2. The third-order valence-electron chi connectivity index (χ3n) is 4.23. The first-order valence-electron chi connectivity index (χ1n) is 6.65. The lowest BCUT2D eigenvalue weighted by Crippen LogP contribution is -2.40. The molecule has 0 aromatic heterocycles. The molecule has 0 N–H and O–H groups in total. The van der Waals surface area contributed by atoms with Crippen LogP contribution in [-0.2, 0) is 0 Å². The van der Waals surface area contributed by atoms with Crippen LogP contribution in [0, 0.1) is 11.8 Å². The molecule has 0 unspecified atom stereocenters. The molecule has 0 aromatic carbocycles. The second-order valence-corrected chi connectivity index (χ2v) is 5.73. The maximum Gasteiger partial charge on any atom is 0.00106 e. The van der Waals surface area contributed by atoms with E-state index in [4.69, 9.17) is 0 Å². The number of rotatable bonds is 2. The summed E-state index contributed by atoms with van der Waals surface area (Å²) in [6.45, 7) is 9.11. The van der Waals surface area contributed by atoms with Crippen LogP contribution in [0.25, 0.3) is 0 Å². The third-order valence-corrected chi connectivity index (χ3v) is 4.23. The average Bonchev–Trinajstić information content (AvgIpc) is 2.25. The minimum Gasteiger partial charge on any atom is -0.306 e. The maximum absolute atomic E-state index is 2.70. The van der Waals surface area contributed by atoms with E-state index in [9.17, 15) is 0 Å². The van der Waals surface area contributed by atoms with Gasteiger partial charge in [-0.3, -0.25) is 4.70 Å². The van der Waals surface area contributed by atoms with Gasteiger partial charge in [0.05, 0.1) is 0 Å². The van der Waals surface area contributed by atoms with Crippen molar-refractivity contribution in [2.75, 3.05) is 39.8 Å². The largest absolute Gasteiger partial charge is 0.306 e. The molecule has 0 aliphatic carbocycles. The Bertz CT molecular complexity index is 162. The quantitative estimate of drug-likeness (QED) is 0.717. The number of hydrogen-bond donors (Lipinski definition) is 0. The highest BCUT2D eigenvalue weighted by molar-refractivity contribution is 4.76. The fraction of sp³-hybridized carbons (Fsp3) is 1.00. The summed E-state index contributed by atoms with van der Waals surface area (Å²) < 4.78 is 0. The number of halogens is 1. The summed E-state index contributed by atoms with van der Waals surface area (Å²) in [5.41, 5.74) is 0. The van der Waals surface area contributed by atoms with E-state index in [-0.39, 0.29) is 4.70 Å². The van der Waals surface area contributed by atoms with Crippen molar-refractivity contribution < 1.29 is 4.70 Å². The molecule has 16 heavy (non-hydrogen) atoms. The molecule has 2 heterocycles. The Hall–Kier alpha value is -0.150. The molecule has 0 atom stereocenters. The molecule has 96 valence electrons. The second-order valence-electron chi connectivity index (χ2n) is 5.73. The van der Waals surface area contributed by atoms with Crippen LogP contribution >= 0.6 is 0 Å². The molecule has 2 nitrogen and oxygen atoms in total. The van der Waals surface area contributed by atoms with Gasteiger partial charge in [-0.25, -0.2) is 0 Å². The van der Waals surface area contributed by atoms with Crippen molar-refractivity contribution in [3.05, 3.63) is 0 Å². The summed E-state index contributed by atoms with van der Waals surface area (Å²) in [5, 5.41) is 0. The zero-order chi connectivity index (χ0) is 10.7. The molecule has 0 aromatic rings. The van der Waals surface area contributed by atoms with E-state index in [0.29, 0.717) is 0 Å². The molecule has 0 saturated carbocycles. The average molecular weight is 230 g/mol. The van der Waals surface area contributed by atoms with Crippen LogP contribution in [0.15, 0.2) is 0 Å². The highest BCUT2D eigenvalue weighted by Crippen LogP contribution is 2.21.